The van der Waals surface area contributed by atoms with Gasteiger partial charge in [0.15, 0.2) is 0 Å². The zero-order valence-corrected chi connectivity index (χ0v) is 11.2. The van der Waals surface area contributed by atoms with E-state index in [1.807, 2.05) is 0 Å². The van der Waals surface area contributed by atoms with E-state index >= 15 is 0 Å². The van der Waals surface area contributed by atoms with E-state index in [9.17, 15) is 9.18 Å². The molecule has 0 aromatic heterocycles. The van der Waals surface area contributed by atoms with Crippen LogP contribution in [0.15, 0.2) is 18.2 Å². The average molecular weight is 281 g/mol. The molecular weight excluding hydrogens is 265 g/mol. The second-order valence-electron chi connectivity index (χ2n) is 4.52. The normalized spacial score (nSPS) is 13.9. The Morgan fingerprint density at radius 2 is 2.16 bits per heavy atom. The maximum Gasteiger partial charge on any atom is 0.223 e. The summed E-state index contributed by atoms with van der Waals surface area (Å²) in [5.74, 6) is -0.156. The first-order valence-electron chi connectivity index (χ1n) is 6.19. The smallest absolute Gasteiger partial charge is 0.223 e. The highest BCUT2D eigenvalue weighted by atomic mass is 32.1. The minimum atomic E-state index is -0.445. The van der Waals surface area contributed by atoms with Gasteiger partial charge in [-0.15, -0.1) is 0 Å². The van der Waals surface area contributed by atoms with Crippen molar-refractivity contribution in [2.75, 3.05) is 18.4 Å². The fourth-order valence-electron chi connectivity index (χ4n) is 1.79. The van der Waals surface area contributed by atoms with E-state index in [0.717, 1.165) is 12.8 Å². The Morgan fingerprint density at radius 3 is 2.79 bits per heavy atom. The molecule has 1 aliphatic rings. The summed E-state index contributed by atoms with van der Waals surface area (Å²) in [5.41, 5.74) is 6.26. The van der Waals surface area contributed by atoms with Crippen LogP contribution in [0.2, 0.25) is 0 Å². The highest BCUT2D eigenvalue weighted by molar-refractivity contribution is 7.80. The molecule has 0 radical (unpaired) electrons. The molecule has 2 rings (SSSR count). The van der Waals surface area contributed by atoms with Crippen LogP contribution < -0.4 is 16.4 Å². The Kier molecular flexibility index (Phi) is 4.31. The predicted molar refractivity (Wildman–Crippen MR) is 76.5 cm³/mol. The second kappa shape index (κ2) is 5.97. The summed E-state index contributed by atoms with van der Waals surface area (Å²) >= 11 is 4.83. The second-order valence-corrected chi connectivity index (χ2v) is 4.96. The first kappa shape index (κ1) is 13.7. The molecular formula is C13H16FN3OS. The molecule has 6 heteroatoms. The Hall–Kier alpha value is -1.69. The van der Waals surface area contributed by atoms with Crippen LogP contribution in [0.25, 0.3) is 0 Å². The van der Waals surface area contributed by atoms with Crippen LogP contribution in [0.4, 0.5) is 10.1 Å². The highest BCUT2D eigenvalue weighted by Crippen LogP contribution is 2.28. The molecule has 4 nitrogen and oxygen atoms in total. The van der Waals surface area contributed by atoms with Gasteiger partial charge >= 0.3 is 0 Å². The minimum Gasteiger partial charge on any atom is -0.389 e. The number of amides is 1. The predicted octanol–water partition coefficient (Wildman–Crippen LogP) is 1.40. The van der Waals surface area contributed by atoms with Crippen molar-refractivity contribution in [2.24, 2.45) is 11.7 Å². The van der Waals surface area contributed by atoms with Gasteiger partial charge in [0.1, 0.15) is 10.8 Å². The molecule has 4 N–H and O–H groups in total. The molecule has 1 aromatic carbocycles. The monoisotopic (exact) mass is 281 g/mol. The van der Waals surface area contributed by atoms with Crippen molar-refractivity contribution < 1.29 is 9.18 Å². The van der Waals surface area contributed by atoms with Crippen molar-refractivity contribution in [1.29, 1.82) is 0 Å². The van der Waals surface area contributed by atoms with E-state index in [1.54, 1.807) is 12.1 Å². The molecule has 1 amide bonds. The summed E-state index contributed by atoms with van der Waals surface area (Å²) in [6.07, 6.45) is 1.96. The Morgan fingerprint density at radius 1 is 1.42 bits per heavy atom. The van der Waals surface area contributed by atoms with Crippen LogP contribution in [-0.2, 0) is 4.79 Å². The summed E-state index contributed by atoms with van der Waals surface area (Å²) in [5, 5.41) is 5.85. The van der Waals surface area contributed by atoms with Crippen molar-refractivity contribution in [3.05, 3.63) is 29.6 Å². The van der Waals surface area contributed by atoms with Crippen LogP contribution in [-0.4, -0.2) is 24.0 Å². The van der Waals surface area contributed by atoms with Gasteiger partial charge in [0.25, 0.3) is 0 Å². The number of rotatable bonds is 6. The number of carbonyl (C=O) groups excluding carboxylic acids is 1. The van der Waals surface area contributed by atoms with Crippen molar-refractivity contribution in [1.82, 2.24) is 5.32 Å². The molecule has 1 saturated carbocycles. The van der Waals surface area contributed by atoms with Crippen LogP contribution in [0.5, 0.6) is 0 Å². The number of hydrogen-bond donors (Lipinski definition) is 3. The zero-order chi connectivity index (χ0) is 13.8. The van der Waals surface area contributed by atoms with Crippen molar-refractivity contribution in [3.63, 3.8) is 0 Å². The summed E-state index contributed by atoms with van der Waals surface area (Å²) in [6.45, 7) is 0.986. The fourth-order valence-corrected chi connectivity index (χ4v) is 2.00. The van der Waals surface area contributed by atoms with Gasteiger partial charge < -0.3 is 16.4 Å². The number of benzene rings is 1. The van der Waals surface area contributed by atoms with Gasteiger partial charge in [-0.25, -0.2) is 4.39 Å². The van der Waals surface area contributed by atoms with E-state index in [-0.39, 0.29) is 22.4 Å². The Balaban J connectivity index is 1.86. The van der Waals surface area contributed by atoms with Crippen LogP contribution >= 0.6 is 12.2 Å². The molecule has 0 heterocycles. The molecule has 0 saturated heterocycles. The molecule has 0 spiro atoms. The van der Waals surface area contributed by atoms with E-state index in [4.69, 9.17) is 18.0 Å². The third-order valence-electron chi connectivity index (χ3n) is 2.95. The number of nitrogens with one attached hydrogen (secondary N) is 2. The van der Waals surface area contributed by atoms with Crippen molar-refractivity contribution in [2.45, 2.75) is 12.8 Å². The summed E-state index contributed by atoms with van der Waals surface area (Å²) < 4.78 is 13.6. The summed E-state index contributed by atoms with van der Waals surface area (Å²) in [7, 11) is 0. The number of hydrogen-bond acceptors (Lipinski definition) is 3. The molecule has 0 atom stereocenters. The third-order valence-corrected chi connectivity index (χ3v) is 3.15. The quantitative estimate of drug-likeness (QED) is 0.544. The molecule has 1 aromatic rings. The fraction of sp³-hybridized carbons (Fsp3) is 0.385. The molecule has 102 valence electrons. The van der Waals surface area contributed by atoms with Gasteiger partial charge in [0.05, 0.1) is 5.56 Å². The lowest BCUT2D eigenvalue weighted by molar-refractivity contribution is -0.122. The maximum atomic E-state index is 13.6. The first-order valence-corrected chi connectivity index (χ1v) is 6.60. The molecule has 0 unspecified atom stereocenters. The number of thiocarbonyl (C=S) groups is 1. The van der Waals surface area contributed by atoms with Crippen LogP contribution in [0.1, 0.15) is 18.4 Å². The lowest BCUT2D eigenvalue weighted by Gasteiger charge is -2.12. The van der Waals surface area contributed by atoms with Gasteiger partial charge in [-0.05, 0) is 25.0 Å². The van der Waals surface area contributed by atoms with E-state index < -0.39 is 5.82 Å². The minimum absolute atomic E-state index is 0.0163. The molecule has 19 heavy (non-hydrogen) atoms. The molecule has 0 bridgehead atoms. The van der Waals surface area contributed by atoms with Crippen LogP contribution in [0, 0.1) is 11.7 Å². The number of carbonyl (C=O) groups is 1. The number of nitrogens with two attached hydrogens (primary N) is 1. The van der Waals surface area contributed by atoms with Gasteiger partial charge in [-0.2, -0.15) is 0 Å². The SMILES string of the molecule is NC(=S)c1c(F)cccc1NCCNC(=O)C1CC1. The standard InChI is InChI=1S/C13H16FN3OS/c14-9-2-1-3-10(11(9)12(15)19)16-6-7-17-13(18)8-4-5-8/h1-3,8,16H,4-7H2,(H2,15,19)(H,17,18). The highest BCUT2D eigenvalue weighted by Gasteiger charge is 2.28. The van der Waals surface area contributed by atoms with Gasteiger partial charge in [0, 0.05) is 24.7 Å². The number of halogens is 1. The summed E-state index contributed by atoms with van der Waals surface area (Å²) in [6, 6.07) is 4.61. The Labute approximate surface area is 116 Å². The molecule has 1 aliphatic carbocycles. The third kappa shape index (κ3) is 3.64. The van der Waals surface area contributed by atoms with E-state index in [0.29, 0.717) is 18.8 Å². The van der Waals surface area contributed by atoms with Crippen molar-refractivity contribution >= 4 is 28.8 Å². The zero-order valence-electron chi connectivity index (χ0n) is 10.4. The van der Waals surface area contributed by atoms with E-state index in [1.165, 1.54) is 6.07 Å². The van der Waals surface area contributed by atoms with Gasteiger partial charge in [0.2, 0.25) is 5.91 Å². The van der Waals surface area contributed by atoms with Gasteiger partial charge in [-0.3, -0.25) is 4.79 Å². The lowest BCUT2D eigenvalue weighted by atomic mass is 10.1. The topological polar surface area (TPSA) is 67.2 Å². The molecule has 1 fully saturated rings. The lowest BCUT2D eigenvalue weighted by Crippen LogP contribution is -2.30. The van der Waals surface area contributed by atoms with Gasteiger partial charge in [-0.1, -0.05) is 18.3 Å². The Bertz CT molecular complexity index is 503. The maximum absolute atomic E-state index is 13.6. The summed E-state index contributed by atoms with van der Waals surface area (Å²) in [4.78, 5) is 11.4. The number of anilines is 1. The largest absolute Gasteiger partial charge is 0.389 e. The van der Waals surface area contributed by atoms with Crippen LogP contribution in [0.3, 0.4) is 0 Å². The first-order chi connectivity index (χ1) is 9.09. The average Bonchev–Trinajstić information content (AvgIpc) is 3.18. The van der Waals surface area contributed by atoms with Crippen molar-refractivity contribution in [3.8, 4) is 0 Å². The van der Waals surface area contributed by atoms with E-state index in [2.05, 4.69) is 10.6 Å². The molecule has 0 aliphatic heterocycles.